The van der Waals surface area contributed by atoms with Gasteiger partial charge < -0.3 is 4.74 Å². The van der Waals surface area contributed by atoms with E-state index in [2.05, 4.69) is 35.7 Å². The van der Waals surface area contributed by atoms with Crippen LogP contribution in [0.25, 0.3) is 11.1 Å². The molecule has 0 radical (unpaired) electrons. The van der Waals surface area contributed by atoms with Crippen LogP contribution in [0.1, 0.15) is 37.5 Å². The Morgan fingerprint density at radius 3 is 1.96 bits per heavy atom. The summed E-state index contributed by atoms with van der Waals surface area (Å²) in [7, 11) is 0. The van der Waals surface area contributed by atoms with E-state index in [1.165, 1.54) is 0 Å². The van der Waals surface area contributed by atoms with Crippen LogP contribution in [0.15, 0.2) is 65.4 Å². The minimum Gasteiger partial charge on any atom is -0.444 e. The van der Waals surface area contributed by atoms with Crippen molar-refractivity contribution in [3.63, 3.8) is 0 Å². The maximum Gasteiger partial charge on any atom is 0.312 e. The molecule has 1 aliphatic rings. The summed E-state index contributed by atoms with van der Waals surface area (Å²) in [5, 5.41) is 4.11. The number of ether oxygens (including phenoxy) is 1. The largest absolute Gasteiger partial charge is 0.444 e. The summed E-state index contributed by atoms with van der Waals surface area (Å²) in [5.41, 5.74) is 3.89. The Bertz CT molecular complexity index is 887. The molecule has 0 amide bonds. The van der Waals surface area contributed by atoms with Crippen molar-refractivity contribution in [3.05, 3.63) is 82.0 Å². The SMILES string of the molecule is CC(C)(C)C(=O)OC1(c2ccsc2)c2ccccc2-c2ccccc21. The fourth-order valence-electron chi connectivity index (χ4n) is 3.43. The van der Waals surface area contributed by atoms with Crippen LogP contribution in [0.5, 0.6) is 0 Å². The van der Waals surface area contributed by atoms with Gasteiger partial charge in [0.05, 0.1) is 5.41 Å². The van der Waals surface area contributed by atoms with Gasteiger partial charge in [0, 0.05) is 16.7 Å². The highest BCUT2D eigenvalue weighted by atomic mass is 32.1. The lowest BCUT2D eigenvalue weighted by molar-refractivity contribution is -0.162. The fraction of sp³-hybridized carbons (Fsp3) is 0.227. The summed E-state index contributed by atoms with van der Waals surface area (Å²) in [6.07, 6.45) is 0. The van der Waals surface area contributed by atoms with E-state index in [0.29, 0.717) is 0 Å². The maximum atomic E-state index is 12.9. The molecule has 25 heavy (non-hydrogen) atoms. The second-order valence-electron chi connectivity index (χ2n) is 7.42. The normalized spacial score (nSPS) is 14.7. The van der Waals surface area contributed by atoms with Crippen molar-refractivity contribution in [2.45, 2.75) is 26.4 Å². The molecule has 0 spiro atoms. The topological polar surface area (TPSA) is 26.3 Å². The molecule has 3 aromatic rings. The first kappa shape index (κ1) is 16.1. The smallest absolute Gasteiger partial charge is 0.312 e. The van der Waals surface area contributed by atoms with Crippen LogP contribution in [0.2, 0.25) is 0 Å². The number of carbonyl (C=O) groups excluding carboxylic acids is 1. The Morgan fingerprint density at radius 1 is 0.920 bits per heavy atom. The van der Waals surface area contributed by atoms with E-state index in [1.807, 2.05) is 50.4 Å². The van der Waals surface area contributed by atoms with E-state index in [-0.39, 0.29) is 5.97 Å². The van der Waals surface area contributed by atoms with Gasteiger partial charge in [0.1, 0.15) is 0 Å². The third-order valence-corrected chi connectivity index (χ3v) is 5.37. The predicted octanol–water partition coefficient (Wildman–Crippen LogP) is 5.61. The minimum absolute atomic E-state index is 0.204. The number of thiophene rings is 1. The van der Waals surface area contributed by atoms with E-state index >= 15 is 0 Å². The van der Waals surface area contributed by atoms with Gasteiger partial charge in [-0.15, -0.1) is 0 Å². The van der Waals surface area contributed by atoms with Gasteiger partial charge in [-0.05, 0) is 48.7 Å². The van der Waals surface area contributed by atoms with Gasteiger partial charge in [0.25, 0.3) is 0 Å². The number of rotatable bonds is 2. The summed E-state index contributed by atoms with van der Waals surface area (Å²) < 4.78 is 6.33. The Labute approximate surface area is 152 Å². The summed E-state index contributed by atoms with van der Waals surface area (Å²) in [6, 6.07) is 18.5. The molecule has 0 saturated heterocycles. The van der Waals surface area contributed by atoms with Crippen LogP contribution in [0, 0.1) is 5.41 Å². The molecule has 0 unspecified atom stereocenters. The summed E-state index contributed by atoms with van der Waals surface area (Å²) in [6.45, 7) is 5.68. The molecule has 2 aromatic carbocycles. The first-order valence-electron chi connectivity index (χ1n) is 8.40. The first-order valence-corrected chi connectivity index (χ1v) is 9.34. The maximum absolute atomic E-state index is 12.9. The van der Waals surface area contributed by atoms with Crippen LogP contribution >= 0.6 is 11.3 Å². The highest BCUT2D eigenvalue weighted by Gasteiger charge is 2.49. The van der Waals surface area contributed by atoms with E-state index in [1.54, 1.807) is 11.3 Å². The van der Waals surface area contributed by atoms with Gasteiger partial charge in [-0.1, -0.05) is 48.5 Å². The zero-order valence-electron chi connectivity index (χ0n) is 14.6. The van der Waals surface area contributed by atoms with Crippen LogP contribution < -0.4 is 0 Å². The monoisotopic (exact) mass is 348 g/mol. The fourth-order valence-corrected chi connectivity index (χ4v) is 4.13. The van der Waals surface area contributed by atoms with Gasteiger partial charge in [0.15, 0.2) is 5.60 Å². The Morgan fingerprint density at radius 2 is 1.48 bits per heavy atom. The molecule has 1 aliphatic carbocycles. The van der Waals surface area contributed by atoms with Gasteiger partial charge in [-0.2, -0.15) is 11.3 Å². The van der Waals surface area contributed by atoms with E-state index in [9.17, 15) is 4.79 Å². The Balaban J connectivity index is 2.03. The lowest BCUT2D eigenvalue weighted by Gasteiger charge is -2.34. The second kappa shape index (κ2) is 5.57. The van der Waals surface area contributed by atoms with Crippen molar-refractivity contribution < 1.29 is 9.53 Å². The lowest BCUT2D eigenvalue weighted by Crippen LogP contribution is -2.37. The van der Waals surface area contributed by atoms with Crippen molar-refractivity contribution in [2.24, 2.45) is 5.41 Å². The van der Waals surface area contributed by atoms with Crippen molar-refractivity contribution in [2.75, 3.05) is 0 Å². The number of carbonyl (C=O) groups is 1. The molecule has 0 atom stereocenters. The van der Waals surface area contributed by atoms with Gasteiger partial charge in [0.2, 0.25) is 0 Å². The zero-order valence-corrected chi connectivity index (χ0v) is 15.4. The van der Waals surface area contributed by atoms with Crippen LogP contribution in [0.4, 0.5) is 0 Å². The standard InChI is InChI=1S/C22H20O2S/c1-21(2,3)20(23)24-22(15-12-13-25-14-15)18-10-6-4-8-16(18)17-9-5-7-11-19(17)22/h4-14H,1-3H3. The van der Waals surface area contributed by atoms with Gasteiger partial charge in [-0.3, -0.25) is 4.79 Å². The second-order valence-corrected chi connectivity index (χ2v) is 8.20. The van der Waals surface area contributed by atoms with E-state index < -0.39 is 11.0 Å². The Hall–Kier alpha value is -2.39. The molecular formula is C22H20O2S. The Kier molecular flexibility index (Phi) is 3.58. The van der Waals surface area contributed by atoms with Gasteiger partial charge >= 0.3 is 5.97 Å². The average molecular weight is 348 g/mol. The molecule has 4 rings (SSSR count). The van der Waals surface area contributed by atoms with Crippen LogP contribution in [0.3, 0.4) is 0 Å². The number of hydrogen-bond donors (Lipinski definition) is 0. The summed E-state index contributed by atoms with van der Waals surface area (Å²) in [5.74, 6) is -0.204. The number of hydrogen-bond acceptors (Lipinski definition) is 3. The quantitative estimate of drug-likeness (QED) is 0.563. The van der Waals surface area contributed by atoms with E-state index in [4.69, 9.17) is 4.74 Å². The van der Waals surface area contributed by atoms with Crippen molar-refractivity contribution in [1.82, 2.24) is 0 Å². The average Bonchev–Trinajstić information content (AvgIpc) is 3.21. The zero-order chi connectivity index (χ0) is 17.7. The predicted molar refractivity (Wildman–Crippen MR) is 102 cm³/mol. The third kappa shape index (κ3) is 2.34. The van der Waals surface area contributed by atoms with Gasteiger partial charge in [-0.25, -0.2) is 0 Å². The molecule has 126 valence electrons. The van der Waals surface area contributed by atoms with Crippen molar-refractivity contribution >= 4 is 17.3 Å². The molecule has 2 nitrogen and oxygen atoms in total. The number of benzene rings is 2. The lowest BCUT2D eigenvalue weighted by atomic mass is 9.85. The van der Waals surface area contributed by atoms with E-state index in [0.717, 1.165) is 27.8 Å². The highest BCUT2D eigenvalue weighted by molar-refractivity contribution is 7.08. The molecule has 0 saturated carbocycles. The molecule has 0 N–H and O–H groups in total. The van der Waals surface area contributed by atoms with Crippen molar-refractivity contribution in [3.8, 4) is 11.1 Å². The minimum atomic E-state index is -0.877. The molecule has 1 aromatic heterocycles. The molecular weight excluding hydrogens is 328 g/mol. The van der Waals surface area contributed by atoms with Crippen molar-refractivity contribution in [1.29, 1.82) is 0 Å². The highest BCUT2D eigenvalue weighted by Crippen LogP contribution is 2.54. The molecule has 0 bridgehead atoms. The number of fused-ring (bicyclic) bond motifs is 3. The van der Waals surface area contributed by atoms with Crippen LogP contribution in [-0.4, -0.2) is 5.97 Å². The summed E-state index contributed by atoms with van der Waals surface area (Å²) >= 11 is 1.62. The third-order valence-electron chi connectivity index (χ3n) is 4.69. The van der Waals surface area contributed by atoms with Crippen LogP contribution in [-0.2, 0) is 15.1 Å². The first-order chi connectivity index (χ1) is 11.9. The molecule has 1 heterocycles. The molecule has 0 aliphatic heterocycles. The molecule has 0 fully saturated rings. The summed E-state index contributed by atoms with van der Waals surface area (Å²) in [4.78, 5) is 12.9. The molecule has 3 heteroatoms. The number of esters is 1.